The number of halogens is 1. The van der Waals surface area contributed by atoms with E-state index in [2.05, 4.69) is 34.6 Å². The summed E-state index contributed by atoms with van der Waals surface area (Å²) in [5, 5.41) is 19.3. The predicted octanol–water partition coefficient (Wildman–Crippen LogP) is 4.25. The molecule has 2 nitrogen and oxygen atoms in total. The van der Waals surface area contributed by atoms with Gasteiger partial charge in [-0.3, -0.25) is 0 Å². The number of phenols is 1. The predicted molar refractivity (Wildman–Crippen MR) is 76.1 cm³/mol. The first-order chi connectivity index (χ1) is 8.07. The van der Waals surface area contributed by atoms with E-state index in [1.54, 1.807) is 6.07 Å². The molecule has 0 bridgehead atoms. The average molecular weight is 271 g/mol. The molecular weight excluding hydrogens is 248 g/mol. The summed E-state index contributed by atoms with van der Waals surface area (Å²) in [5.41, 5.74) is 1.68. The van der Waals surface area contributed by atoms with Gasteiger partial charge in [-0.15, -0.1) is 0 Å². The lowest BCUT2D eigenvalue weighted by molar-refractivity contribution is 0.272. The van der Waals surface area contributed by atoms with E-state index in [1.807, 2.05) is 6.07 Å². The second kappa shape index (κ2) is 5.10. The van der Waals surface area contributed by atoms with Crippen LogP contribution in [0.1, 0.15) is 52.2 Å². The van der Waals surface area contributed by atoms with Crippen molar-refractivity contribution >= 4 is 11.6 Å². The summed E-state index contributed by atoms with van der Waals surface area (Å²) in [6.45, 7) is 10.7. The SMILES string of the molecule is CC(C)(C)CC(C)(C)c1cc(Cl)c(O)c(CO)c1. The van der Waals surface area contributed by atoms with Crippen molar-refractivity contribution < 1.29 is 10.2 Å². The van der Waals surface area contributed by atoms with Gasteiger partial charge in [0.25, 0.3) is 0 Å². The lowest BCUT2D eigenvalue weighted by Crippen LogP contribution is -2.25. The maximum atomic E-state index is 9.73. The minimum absolute atomic E-state index is 0.0190. The maximum Gasteiger partial charge on any atom is 0.139 e. The molecule has 0 aliphatic rings. The van der Waals surface area contributed by atoms with E-state index in [1.165, 1.54) is 0 Å². The Morgan fingerprint density at radius 2 is 1.67 bits per heavy atom. The molecular formula is C15H23ClO2. The normalized spacial score (nSPS) is 12.8. The van der Waals surface area contributed by atoms with Crippen LogP contribution in [0.4, 0.5) is 0 Å². The Morgan fingerprint density at radius 3 is 2.11 bits per heavy atom. The van der Waals surface area contributed by atoms with Crippen molar-refractivity contribution in [2.45, 2.75) is 53.1 Å². The monoisotopic (exact) mass is 270 g/mol. The molecule has 0 saturated heterocycles. The summed E-state index contributed by atoms with van der Waals surface area (Å²) >= 11 is 6.01. The van der Waals surface area contributed by atoms with Crippen LogP contribution in [-0.2, 0) is 12.0 Å². The molecule has 3 heteroatoms. The molecule has 0 spiro atoms. The van der Waals surface area contributed by atoms with Gasteiger partial charge < -0.3 is 10.2 Å². The molecule has 0 heterocycles. The number of aliphatic hydroxyl groups excluding tert-OH is 1. The Labute approximate surface area is 115 Å². The van der Waals surface area contributed by atoms with Gasteiger partial charge in [0.2, 0.25) is 0 Å². The smallest absolute Gasteiger partial charge is 0.139 e. The Bertz CT molecular complexity index is 431. The Kier molecular flexibility index (Phi) is 4.34. The second-order valence-electron chi connectivity index (χ2n) is 6.75. The number of aliphatic hydroxyl groups is 1. The minimum atomic E-state index is -0.203. The van der Waals surface area contributed by atoms with Gasteiger partial charge in [0.1, 0.15) is 5.75 Å². The minimum Gasteiger partial charge on any atom is -0.506 e. The first kappa shape index (κ1) is 15.3. The van der Waals surface area contributed by atoms with E-state index in [0.717, 1.165) is 12.0 Å². The van der Waals surface area contributed by atoms with Gasteiger partial charge in [0, 0.05) is 5.56 Å². The fraction of sp³-hybridized carbons (Fsp3) is 0.600. The number of hydrogen-bond acceptors (Lipinski definition) is 2. The summed E-state index contributed by atoms with van der Waals surface area (Å²) in [6.07, 6.45) is 0.992. The van der Waals surface area contributed by atoms with Crippen molar-refractivity contribution in [2.24, 2.45) is 5.41 Å². The van der Waals surface area contributed by atoms with Crippen molar-refractivity contribution in [3.8, 4) is 5.75 Å². The zero-order chi connectivity index (χ0) is 14.1. The van der Waals surface area contributed by atoms with Crippen LogP contribution in [0.2, 0.25) is 5.02 Å². The number of benzene rings is 1. The molecule has 0 unspecified atom stereocenters. The molecule has 0 radical (unpaired) electrons. The zero-order valence-electron chi connectivity index (χ0n) is 11.8. The van der Waals surface area contributed by atoms with Gasteiger partial charge in [-0.2, -0.15) is 0 Å². The third-order valence-corrected chi connectivity index (χ3v) is 3.35. The highest BCUT2D eigenvalue weighted by Gasteiger charge is 2.28. The van der Waals surface area contributed by atoms with Crippen LogP contribution in [0.15, 0.2) is 12.1 Å². The highest BCUT2D eigenvalue weighted by atomic mass is 35.5. The molecule has 2 N–H and O–H groups in total. The van der Waals surface area contributed by atoms with Crippen molar-refractivity contribution in [3.05, 3.63) is 28.3 Å². The van der Waals surface area contributed by atoms with Gasteiger partial charge in [-0.1, -0.05) is 46.2 Å². The second-order valence-corrected chi connectivity index (χ2v) is 7.15. The molecule has 1 rings (SSSR count). The van der Waals surface area contributed by atoms with Crippen molar-refractivity contribution in [1.82, 2.24) is 0 Å². The van der Waals surface area contributed by atoms with Gasteiger partial charge >= 0.3 is 0 Å². The van der Waals surface area contributed by atoms with Gasteiger partial charge in [-0.05, 0) is 34.9 Å². The molecule has 0 atom stereocenters. The molecule has 0 fully saturated rings. The Balaban J connectivity index is 3.20. The molecule has 102 valence electrons. The van der Waals surface area contributed by atoms with E-state index in [9.17, 15) is 10.2 Å². The van der Waals surface area contributed by atoms with Crippen LogP contribution in [0, 0.1) is 5.41 Å². The first-order valence-corrected chi connectivity index (χ1v) is 6.57. The third-order valence-electron chi connectivity index (χ3n) is 3.07. The van der Waals surface area contributed by atoms with E-state index in [0.29, 0.717) is 10.6 Å². The summed E-state index contributed by atoms with van der Waals surface area (Å²) in [7, 11) is 0. The lowest BCUT2D eigenvalue weighted by Gasteiger charge is -2.33. The van der Waals surface area contributed by atoms with Gasteiger partial charge in [0.05, 0.1) is 11.6 Å². The molecule has 1 aromatic carbocycles. The lowest BCUT2D eigenvalue weighted by atomic mass is 9.72. The van der Waals surface area contributed by atoms with E-state index in [4.69, 9.17) is 11.6 Å². The van der Waals surface area contributed by atoms with E-state index >= 15 is 0 Å². The van der Waals surface area contributed by atoms with Crippen molar-refractivity contribution in [3.63, 3.8) is 0 Å². The molecule has 1 aromatic rings. The van der Waals surface area contributed by atoms with Crippen LogP contribution in [0.3, 0.4) is 0 Å². The molecule has 0 saturated carbocycles. The molecule has 0 aliphatic heterocycles. The van der Waals surface area contributed by atoms with Crippen LogP contribution < -0.4 is 0 Å². The summed E-state index contributed by atoms with van der Waals surface area (Å²) in [6, 6.07) is 3.63. The fourth-order valence-corrected chi connectivity index (χ4v) is 2.83. The van der Waals surface area contributed by atoms with Crippen LogP contribution in [-0.4, -0.2) is 10.2 Å². The highest BCUT2D eigenvalue weighted by molar-refractivity contribution is 6.32. The number of aromatic hydroxyl groups is 1. The van der Waals surface area contributed by atoms with E-state index in [-0.39, 0.29) is 23.2 Å². The number of hydrogen-bond donors (Lipinski definition) is 2. The summed E-state index contributed by atoms with van der Waals surface area (Å²) in [4.78, 5) is 0. The van der Waals surface area contributed by atoms with Crippen LogP contribution >= 0.6 is 11.6 Å². The molecule has 0 aromatic heterocycles. The average Bonchev–Trinajstić information content (AvgIpc) is 2.18. The van der Waals surface area contributed by atoms with Crippen molar-refractivity contribution in [1.29, 1.82) is 0 Å². The Morgan fingerprint density at radius 1 is 1.11 bits per heavy atom. The van der Waals surface area contributed by atoms with E-state index < -0.39 is 0 Å². The molecule has 18 heavy (non-hydrogen) atoms. The molecule has 0 amide bonds. The third kappa shape index (κ3) is 3.63. The summed E-state index contributed by atoms with van der Waals surface area (Å²) < 4.78 is 0. The standard InChI is InChI=1S/C15H23ClO2/c1-14(2,3)9-15(4,5)11-6-10(8-17)13(18)12(16)7-11/h6-7,17-18H,8-9H2,1-5H3. The van der Waals surface area contributed by atoms with Crippen molar-refractivity contribution in [2.75, 3.05) is 0 Å². The highest BCUT2D eigenvalue weighted by Crippen LogP contribution is 2.40. The maximum absolute atomic E-state index is 9.73. The summed E-state index contributed by atoms with van der Waals surface area (Å²) in [5.74, 6) is -0.0190. The zero-order valence-corrected chi connectivity index (χ0v) is 12.6. The topological polar surface area (TPSA) is 40.5 Å². The first-order valence-electron chi connectivity index (χ1n) is 6.19. The van der Waals surface area contributed by atoms with Crippen LogP contribution in [0.5, 0.6) is 5.75 Å². The molecule has 0 aliphatic carbocycles. The fourth-order valence-electron chi connectivity index (χ4n) is 2.60. The quantitative estimate of drug-likeness (QED) is 0.862. The largest absolute Gasteiger partial charge is 0.506 e. The van der Waals surface area contributed by atoms with Gasteiger partial charge in [0.15, 0.2) is 0 Å². The number of rotatable bonds is 3. The Hall–Kier alpha value is -0.730. The van der Waals surface area contributed by atoms with Crippen LogP contribution in [0.25, 0.3) is 0 Å². The van der Waals surface area contributed by atoms with Gasteiger partial charge in [-0.25, -0.2) is 0 Å².